The fraction of sp³-hybridized carbons (Fsp3) is 0.300. The Hall–Kier alpha value is -2.31. The minimum Gasteiger partial charge on any atom is -0.306 e. The lowest BCUT2D eigenvalue weighted by molar-refractivity contribution is -0.122. The summed E-state index contributed by atoms with van der Waals surface area (Å²) in [5.74, 6) is 0.134. The van der Waals surface area contributed by atoms with Crippen molar-refractivity contribution in [2.45, 2.75) is 32.2 Å². The number of anilines is 1. The monoisotopic (exact) mass is 338 g/mol. The lowest BCUT2D eigenvalue weighted by atomic mass is 10.0. The van der Waals surface area contributed by atoms with Crippen molar-refractivity contribution in [3.63, 3.8) is 0 Å². The summed E-state index contributed by atoms with van der Waals surface area (Å²) in [7, 11) is 0. The molecule has 122 valence electrons. The Kier molecular flexibility index (Phi) is 5.17. The number of hydrogen-bond acceptors (Lipinski definition) is 2. The molecule has 1 amide bonds. The molecular formula is C20H19ClN2O. The number of nitrogens with zero attached hydrogens (tertiary/aromatic N) is 2. The lowest BCUT2D eigenvalue weighted by Crippen LogP contribution is -2.35. The predicted molar refractivity (Wildman–Crippen MR) is 95.8 cm³/mol. The van der Waals surface area contributed by atoms with Crippen LogP contribution in [-0.2, 0) is 11.3 Å². The van der Waals surface area contributed by atoms with E-state index in [9.17, 15) is 10.1 Å². The molecule has 2 aromatic carbocycles. The van der Waals surface area contributed by atoms with Gasteiger partial charge in [0.05, 0.1) is 17.8 Å². The third kappa shape index (κ3) is 3.60. The van der Waals surface area contributed by atoms with Crippen LogP contribution in [0, 0.1) is 17.2 Å². The summed E-state index contributed by atoms with van der Waals surface area (Å²) < 4.78 is 0. The zero-order valence-corrected chi connectivity index (χ0v) is 14.2. The van der Waals surface area contributed by atoms with Crippen molar-refractivity contribution in [3.8, 4) is 6.07 Å². The molecule has 0 spiro atoms. The first-order valence-electron chi connectivity index (χ1n) is 8.24. The number of amides is 1. The van der Waals surface area contributed by atoms with E-state index >= 15 is 0 Å². The molecular weight excluding hydrogens is 320 g/mol. The van der Waals surface area contributed by atoms with Crippen LogP contribution in [0.15, 0.2) is 48.5 Å². The van der Waals surface area contributed by atoms with E-state index in [1.54, 1.807) is 23.1 Å². The zero-order valence-electron chi connectivity index (χ0n) is 13.4. The van der Waals surface area contributed by atoms with Crippen molar-refractivity contribution in [2.75, 3.05) is 4.90 Å². The predicted octanol–water partition coefficient (Wildman–Crippen LogP) is 4.94. The molecule has 0 aromatic heterocycles. The van der Waals surface area contributed by atoms with Gasteiger partial charge in [0.15, 0.2) is 0 Å². The molecule has 1 aliphatic carbocycles. The normalized spacial score (nSPS) is 14.3. The van der Waals surface area contributed by atoms with Gasteiger partial charge in [0.25, 0.3) is 0 Å². The standard InChI is InChI=1S/C20H19ClN2O/c21-18-11-10-17(13-22)19(12-18)23(14-15-6-2-1-3-7-15)20(24)16-8-4-5-9-16/h1-3,6-7,10-12,16H,4-5,8-9,14H2. The molecule has 3 rings (SSSR count). The van der Waals surface area contributed by atoms with Crippen molar-refractivity contribution in [2.24, 2.45) is 5.92 Å². The van der Waals surface area contributed by atoms with Gasteiger partial charge in [-0.25, -0.2) is 0 Å². The van der Waals surface area contributed by atoms with Crippen LogP contribution >= 0.6 is 11.6 Å². The van der Waals surface area contributed by atoms with Crippen LogP contribution in [0.4, 0.5) is 5.69 Å². The second kappa shape index (κ2) is 7.51. The molecule has 0 heterocycles. The molecule has 0 bridgehead atoms. The Morgan fingerprint density at radius 3 is 2.54 bits per heavy atom. The van der Waals surface area contributed by atoms with E-state index < -0.39 is 0 Å². The molecule has 1 saturated carbocycles. The highest BCUT2D eigenvalue weighted by atomic mass is 35.5. The molecule has 3 nitrogen and oxygen atoms in total. The molecule has 2 aromatic rings. The van der Waals surface area contributed by atoms with Gasteiger partial charge in [-0.15, -0.1) is 0 Å². The number of rotatable bonds is 4. The molecule has 0 aliphatic heterocycles. The van der Waals surface area contributed by atoms with Crippen LogP contribution in [-0.4, -0.2) is 5.91 Å². The van der Waals surface area contributed by atoms with Crippen molar-refractivity contribution in [1.29, 1.82) is 5.26 Å². The van der Waals surface area contributed by atoms with Crippen molar-refractivity contribution >= 4 is 23.2 Å². The fourth-order valence-electron chi connectivity index (χ4n) is 3.26. The summed E-state index contributed by atoms with van der Waals surface area (Å²) in [6.07, 6.45) is 4.03. The zero-order chi connectivity index (χ0) is 16.9. The van der Waals surface area contributed by atoms with E-state index in [0.29, 0.717) is 22.8 Å². The molecule has 24 heavy (non-hydrogen) atoms. The third-order valence-corrected chi connectivity index (χ3v) is 4.76. The van der Waals surface area contributed by atoms with Crippen LogP contribution in [0.1, 0.15) is 36.8 Å². The van der Waals surface area contributed by atoms with E-state index in [-0.39, 0.29) is 11.8 Å². The summed E-state index contributed by atoms with van der Waals surface area (Å²) in [6, 6.07) is 17.1. The van der Waals surface area contributed by atoms with Gasteiger partial charge in [0.2, 0.25) is 5.91 Å². The largest absolute Gasteiger partial charge is 0.306 e. The first kappa shape index (κ1) is 16.5. The SMILES string of the molecule is N#Cc1ccc(Cl)cc1N(Cc1ccccc1)C(=O)C1CCCC1. The number of carbonyl (C=O) groups excluding carboxylic acids is 1. The first-order valence-corrected chi connectivity index (χ1v) is 8.62. The quantitative estimate of drug-likeness (QED) is 0.792. The number of hydrogen-bond donors (Lipinski definition) is 0. The minimum atomic E-state index is 0.0410. The van der Waals surface area contributed by atoms with E-state index in [1.807, 2.05) is 30.3 Å². The average Bonchev–Trinajstić information content (AvgIpc) is 3.14. The summed E-state index contributed by atoms with van der Waals surface area (Å²) in [5.41, 5.74) is 2.11. The number of benzene rings is 2. The van der Waals surface area contributed by atoms with E-state index in [0.717, 1.165) is 31.2 Å². The molecule has 0 N–H and O–H groups in total. The van der Waals surface area contributed by atoms with E-state index in [1.165, 1.54) is 0 Å². The van der Waals surface area contributed by atoms with Crippen LogP contribution in [0.5, 0.6) is 0 Å². The van der Waals surface area contributed by atoms with E-state index in [2.05, 4.69) is 6.07 Å². The van der Waals surface area contributed by atoms with Gasteiger partial charge in [0.1, 0.15) is 6.07 Å². The van der Waals surface area contributed by atoms with E-state index in [4.69, 9.17) is 11.6 Å². The van der Waals surface area contributed by atoms with Gasteiger partial charge in [-0.1, -0.05) is 54.8 Å². The molecule has 1 fully saturated rings. The summed E-state index contributed by atoms with van der Waals surface area (Å²) in [6.45, 7) is 0.450. The van der Waals surface area contributed by atoms with Gasteiger partial charge < -0.3 is 4.90 Å². The van der Waals surface area contributed by atoms with Crippen molar-refractivity contribution in [3.05, 3.63) is 64.7 Å². The maximum atomic E-state index is 13.1. The van der Waals surface area contributed by atoms with Gasteiger partial charge in [-0.05, 0) is 36.6 Å². The Morgan fingerprint density at radius 1 is 1.17 bits per heavy atom. The molecule has 0 radical (unpaired) electrons. The summed E-state index contributed by atoms with van der Waals surface area (Å²) in [5, 5.41) is 9.97. The van der Waals surface area contributed by atoms with Gasteiger partial charge >= 0.3 is 0 Å². The van der Waals surface area contributed by atoms with Crippen LogP contribution in [0.3, 0.4) is 0 Å². The lowest BCUT2D eigenvalue weighted by Gasteiger charge is -2.27. The number of carbonyl (C=O) groups is 1. The maximum Gasteiger partial charge on any atom is 0.230 e. The topological polar surface area (TPSA) is 44.1 Å². The van der Waals surface area contributed by atoms with Gasteiger partial charge in [-0.2, -0.15) is 5.26 Å². The summed E-state index contributed by atoms with van der Waals surface area (Å²) >= 11 is 6.14. The molecule has 0 atom stereocenters. The number of nitriles is 1. The Labute approximate surface area is 147 Å². The fourth-order valence-corrected chi connectivity index (χ4v) is 3.43. The highest BCUT2D eigenvalue weighted by Gasteiger charge is 2.29. The van der Waals surface area contributed by atoms with Gasteiger partial charge in [0, 0.05) is 10.9 Å². The molecule has 0 saturated heterocycles. The Morgan fingerprint density at radius 2 is 1.88 bits per heavy atom. The maximum absolute atomic E-state index is 13.1. The Balaban J connectivity index is 2.00. The second-order valence-corrected chi connectivity index (χ2v) is 6.60. The molecule has 4 heteroatoms. The second-order valence-electron chi connectivity index (χ2n) is 6.16. The van der Waals surface area contributed by atoms with Crippen molar-refractivity contribution < 1.29 is 4.79 Å². The highest BCUT2D eigenvalue weighted by Crippen LogP contribution is 2.32. The van der Waals surface area contributed by atoms with Crippen LogP contribution in [0.2, 0.25) is 5.02 Å². The molecule has 1 aliphatic rings. The van der Waals surface area contributed by atoms with Crippen LogP contribution in [0.25, 0.3) is 0 Å². The number of halogens is 1. The van der Waals surface area contributed by atoms with Gasteiger partial charge in [-0.3, -0.25) is 4.79 Å². The summed E-state index contributed by atoms with van der Waals surface area (Å²) in [4.78, 5) is 14.8. The van der Waals surface area contributed by atoms with Crippen molar-refractivity contribution in [1.82, 2.24) is 0 Å². The average molecular weight is 339 g/mol. The van der Waals surface area contributed by atoms with Crippen LogP contribution < -0.4 is 4.90 Å². The minimum absolute atomic E-state index is 0.0410. The smallest absolute Gasteiger partial charge is 0.230 e. The third-order valence-electron chi connectivity index (χ3n) is 4.52. The molecule has 0 unspecified atom stereocenters. The first-order chi connectivity index (χ1) is 11.7. The highest BCUT2D eigenvalue weighted by molar-refractivity contribution is 6.31. The Bertz CT molecular complexity index is 761.